The van der Waals surface area contributed by atoms with Crippen LogP contribution in [0.3, 0.4) is 0 Å². The van der Waals surface area contributed by atoms with Crippen LogP contribution in [0, 0.1) is 5.82 Å². The Morgan fingerprint density at radius 2 is 1.65 bits per heavy atom. The summed E-state index contributed by atoms with van der Waals surface area (Å²) < 4.78 is 19.9. The minimum atomic E-state index is -0.248. The summed E-state index contributed by atoms with van der Waals surface area (Å²) >= 11 is 9.69. The van der Waals surface area contributed by atoms with E-state index < -0.39 is 0 Å². The minimum Gasteiger partial charge on any atom is -0.489 e. The Hall–Kier alpha value is -1.88. The monoisotopic (exact) mass is 433 g/mol. The van der Waals surface area contributed by atoms with E-state index in [0.717, 1.165) is 31.9 Å². The summed E-state index contributed by atoms with van der Waals surface area (Å²) in [4.78, 5) is 0. The SMILES string of the molecule is Fc1ccc(COc2ccc(Br)cc2CNCc2ccccc2Cl)cc1. The lowest BCUT2D eigenvalue weighted by Gasteiger charge is -2.13. The van der Waals surface area contributed by atoms with Crippen molar-refractivity contribution in [3.8, 4) is 5.75 Å². The topological polar surface area (TPSA) is 21.3 Å². The van der Waals surface area contributed by atoms with Crippen molar-refractivity contribution in [3.05, 3.63) is 98.7 Å². The summed E-state index contributed by atoms with van der Waals surface area (Å²) in [5.41, 5.74) is 3.01. The highest BCUT2D eigenvalue weighted by molar-refractivity contribution is 9.10. The van der Waals surface area contributed by atoms with Gasteiger partial charge in [-0.1, -0.05) is 57.9 Å². The molecule has 0 aromatic heterocycles. The molecular weight excluding hydrogens is 417 g/mol. The molecule has 0 unspecified atom stereocenters. The molecule has 26 heavy (non-hydrogen) atoms. The average Bonchev–Trinajstić information content (AvgIpc) is 2.64. The molecule has 0 spiro atoms. The fourth-order valence-corrected chi connectivity index (χ4v) is 3.15. The van der Waals surface area contributed by atoms with Crippen LogP contribution in [0.2, 0.25) is 5.02 Å². The van der Waals surface area contributed by atoms with E-state index in [9.17, 15) is 4.39 Å². The Kier molecular flexibility index (Phi) is 6.67. The van der Waals surface area contributed by atoms with Crippen LogP contribution in [0.1, 0.15) is 16.7 Å². The first kappa shape index (κ1) is 18.9. The molecule has 0 fully saturated rings. The van der Waals surface area contributed by atoms with Crippen LogP contribution in [-0.4, -0.2) is 0 Å². The smallest absolute Gasteiger partial charge is 0.124 e. The highest BCUT2D eigenvalue weighted by Crippen LogP contribution is 2.24. The van der Waals surface area contributed by atoms with E-state index in [2.05, 4.69) is 21.2 Å². The maximum absolute atomic E-state index is 13.0. The van der Waals surface area contributed by atoms with Crippen molar-refractivity contribution in [3.63, 3.8) is 0 Å². The van der Waals surface area contributed by atoms with Gasteiger partial charge in [0, 0.05) is 28.1 Å². The zero-order valence-corrected chi connectivity index (χ0v) is 16.4. The lowest BCUT2D eigenvalue weighted by Crippen LogP contribution is -2.14. The number of halogens is 3. The molecule has 3 aromatic carbocycles. The van der Waals surface area contributed by atoms with Gasteiger partial charge < -0.3 is 10.1 Å². The predicted octanol–water partition coefficient (Wildman–Crippen LogP) is 6.11. The van der Waals surface area contributed by atoms with E-state index >= 15 is 0 Å². The van der Waals surface area contributed by atoms with Gasteiger partial charge >= 0.3 is 0 Å². The second-order valence-corrected chi connectivity index (χ2v) is 7.19. The number of nitrogens with one attached hydrogen (secondary N) is 1. The first-order valence-corrected chi connectivity index (χ1v) is 9.39. The lowest BCUT2D eigenvalue weighted by atomic mass is 10.1. The zero-order valence-electron chi connectivity index (χ0n) is 14.0. The van der Waals surface area contributed by atoms with Gasteiger partial charge in [-0.3, -0.25) is 0 Å². The predicted molar refractivity (Wildman–Crippen MR) is 107 cm³/mol. The molecule has 0 aliphatic carbocycles. The largest absolute Gasteiger partial charge is 0.489 e. The first-order chi connectivity index (χ1) is 12.6. The molecule has 0 radical (unpaired) electrons. The molecule has 0 atom stereocenters. The van der Waals surface area contributed by atoms with Crippen LogP contribution in [-0.2, 0) is 19.7 Å². The average molecular weight is 435 g/mol. The Morgan fingerprint density at radius 3 is 2.42 bits per heavy atom. The molecule has 134 valence electrons. The molecule has 1 N–H and O–H groups in total. The first-order valence-electron chi connectivity index (χ1n) is 8.21. The van der Waals surface area contributed by atoms with Crippen LogP contribution in [0.5, 0.6) is 5.75 Å². The Morgan fingerprint density at radius 1 is 0.923 bits per heavy atom. The van der Waals surface area contributed by atoms with E-state index in [4.69, 9.17) is 16.3 Å². The van der Waals surface area contributed by atoms with Crippen LogP contribution < -0.4 is 10.1 Å². The minimum absolute atomic E-state index is 0.248. The molecule has 3 aromatic rings. The number of ether oxygens (including phenoxy) is 1. The lowest BCUT2D eigenvalue weighted by molar-refractivity contribution is 0.302. The van der Waals surface area contributed by atoms with Gasteiger partial charge in [-0.05, 0) is 47.5 Å². The number of hydrogen-bond acceptors (Lipinski definition) is 2. The van der Waals surface area contributed by atoms with Gasteiger partial charge in [-0.25, -0.2) is 4.39 Å². The van der Waals surface area contributed by atoms with Crippen molar-refractivity contribution in [2.45, 2.75) is 19.7 Å². The molecule has 3 rings (SSSR count). The zero-order chi connectivity index (χ0) is 18.4. The fourth-order valence-electron chi connectivity index (χ4n) is 2.54. The van der Waals surface area contributed by atoms with Crippen molar-refractivity contribution < 1.29 is 9.13 Å². The van der Waals surface area contributed by atoms with Crippen LogP contribution in [0.4, 0.5) is 4.39 Å². The molecule has 0 aliphatic rings. The van der Waals surface area contributed by atoms with Crippen LogP contribution in [0.25, 0.3) is 0 Å². The van der Waals surface area contributed by atoms with E-state index in [1.807, 2.05) is 42.5 Å². The third kappa shape index (κ3) is 5.31. The van der Waals surface area contributed by atoms with Gasteiger partial charge in [-0.15, -0.1) is 0 Å². The molecule has 0 saturated heterocycles. The van der Waals surface area contributed by atoms with E-state index in [-0.39, 0.29) is 5.82 Å². The van der Waals surface area contributed by atoms with Gasteiger partial charge in [0.15, 0.2) is 0 Å². The van der Waals surface area contributed by atoms with Crippen molar-refractivity contribution >= 4 is 27.5 Å². The number of benzene rings is 3. The van der Waals surface area contributed by atoms with E-state index in [1.165, 1.54) is 12.1 Å². The summed E-state index contributed by atoms with van der Waals surface area (Å²) in [6, 6.07) is 20.0. The van der Waals surface area contributed by atoms with Crippen molar-refractivity contribution in [1.82, 2.24) is 5.32 Å². The van der Waals surface area contributed by atoms with Gasteiger partial charge in [0.05, 0.1) is 0 Å². The fraction of sp³-hybridized carbons (Fsp3) is 0.143. The van der Waals surface area contributed by atoms with E-state index in [1.54, 1.807) is 12.1 Å². The quantitative estimate of drug-likeness (QED) is 0.484. The molecule has 0 bridgehead atoms. The molecule has 0 aliphatic heterocycles. The molecule has 0 amide bonds. The highest BCUT2D eigenvalue weighted by atomic mass is 79.9. The number of hydrogen-bond donors (Lipinski definition) is 1. The van der Waals surface area contributed by atoms with Crippen molar-refractivity contribution in [1.29, 1.82) is 0 Å². The summed E-state index contributed by atoms with van der Waals surface area (Å²) in [7, 11) is 0. The van der Waals surface area contributed by atoms with Gasteiger partial charge in [0.1, 0.15) is 18.2 Å². The normalized spacial score (nSPS) is 10.7. The molecule has 0 heterocycles. The van der Waals surface area contributed by atoms with Gasteiger partial charge in [0.25, 0.3) is 0 Å². The maximum atomic E-state index is 13.0. The molecular formula is C21H18BrClFNO. The molecule has 5 heteroatoms. The second-order valence-electron chi connectivity index (χ2n) is 5.86. The van der Waals surface area contributed by atoms with Crippen LogP contribution in [0.15, 0.2) is 71.2 Å². The third-order valence-electron chi connectivity index (χ3n) is 3.92. The number of rotatable bonds is 7. The second kappa shape index (κ2) is 9.17. The molecule has 0 saturated carbocycles. The van der Waals surface area contributed by atoms with Crippen molar-refractivity contribution in [2.75, 3.05) is 0 Å². The molecule has 2 nitrogen and oxygen atoms in total. The van der Waals surface area contributed by atoms with Gasteiger partial charge in [-0.2, -0.15) is 0 Å². The Bertz CT molecular complexity index is 870. The summed E-state index contributed by atoms with van der Waals surface area (Å²) in [6.07, 6.45) is 0. The Balaban J connectivity index is 1.63. The Labute approximate surface area is 166 Å². The van der Waals surface area contributed by atoms with Crippen molar-refractivity contribution in [2.24, 2.45) is 0 Å². The highest BCUT2D eigenvalue weighted by Gasteiger charge is 2.06. The third-order valence-corrected chi connectivity index (χ3v) is 4.78. The standard InChI is InChI=1S/C21H18BrClFNO/c22-18-7-10-21(26-14-15-5-8-19(24)9-6-15)17(11-18)13-25-12-16-3-1-2-4-20(16)23/h1-11,25H,12-14H2. The summed E-state index contributed by atoms with van der Waals surface area (Å²) in [5, 5.41) is 4.15. The summed E-state index contributed by atoms with van der Waals surface area (Å²) in [5.74, 6) is 0.547. The van der Waals surface area contributed by atoms with E-state index in [0.29, 0.717) is 19.7 Å². The summed E-state index contributed by atoms with van der Waals surface area (Å²) in [6.45, 7) is 1.70. The van der Waals surface area contributed by atoms with Crippen LogP contribution >= 0.6 is 27.5 Å². The van der Waals surface area contributed by atoms with Gasteiger partial charge in [0.2, 0.25) is 0 Å². The maximum Gasteiger partial charge on any atom is 0.124 e.